The first-order chi connectivity index (χ1) is 11.0. The van der Waals surface area contributed by atoms with Crippen LogP contribution in [-0.2, 0) is 10.0 Å². The van der Waals surface area contributed by atoms with Crippen LogP contribution >= 0.6 is 0 Å². The molecule has 1 fully saturated rings. The average Bonchev–Trinajstić information content (AvgIpc) is 2.54. The summed E-state index contributed by atoms with van der Waals surface area (Å²) in [6.45, 7) is 1.80. The molecule has 0 aliphatic heterocycles. The summed E-state index contributed by atoms with van der Waals surface area (Å²) in [5, 5.41) is 0. The third-order valence-corrected chi connectivity index (χ3v) is 5.67. The second-order valence-corrected chi connectivity index (χ2v) is 8.25. The number of benzene rings is 1. The summed E-state index contributed by atoms with van der Waals surface area (Å²) >= 11 is 0. The van der Waals surface area contributed by atoms with Crippen LogP contribution in [0.5, 0.6) is 5.75 Å². The Hall–Kier alpha value is -1.11. The molecule has 0 atom stereocenters. The maximum atomic E-state index is 12.2. The van der Waals surface area contributed by atoms with Crippen LogP contribution in [0.3, 0.4) is 0 Å². The molecule has 0 saturated heterocycles. The Morgan fingerprint density at radius 2 is 1.78 bits per heavy atom. The van der Waals surface area contributed by atoms with Gasteiger partial charge in [0.05, 0.1) is 11.5 Å². The van der Waals surface area contributed by atoms with Gasteiger partial charge in [0.1, 0.15) is 5.75 Å². The van der Waals surface area contributed by atoms with Gasteiger partial charge in [0.25, 0.3) is 0 Å². The van der Waals surface area contributed by atoms with Crippen LogP contribution in [0.25, 0.3) is 0 Å². The molecule has 0 amide bonds. The van der Waals surface area contributed by atoms with Crippen molar-refractivity contribution in [1.29, 1.82) is 0 Å². The number of sulfonamides is 1. The number of rotatable bonds is 8. The van der Waals surface area contributed by atoms with E-state index in [9.17, 15) is 8.42 Å². The third-order valence-electron chi connectivity index (χ3n) is 4.20. The van der Waals surface area contributed by atoms with Crippen molar-refractivity contribution in [2.45, 2.75) is 37.0 Å². The van der Waals surface area contributed by atoms with Crippen molar-refractivity contribution in [3.05, 3.63) is 24.3 Å². The molecule has 5 nitrogen and oxygen atoms in total. The van der Waals surface area contributed by atoms with E-state index < -0.39 is 10.0 Å². The van der Waals surface area contributed by atoms with E-state index in [1.54, 1.807) is 24.3 Å². The van der Waals surface area contributed by atoms with Gasteiger partial charge in [-0.1, -0.05) is 19.3 Å². The zero-order chi connectivity index (χ0) is 16.7. The summed E-state index contributed by atoms with van der Waals surface area (Å²) in [5.74, 6) is 1.38. The van der Waals surface area contributed by atoms with Gasteiger partial charge in [-0.15, -0.1) is 0 Å². The van der Waals surface area contributed by atoms with Gasteiger partial charge in [-0.25, -0.2) is 13.1 Å². The van der Waals surface area contributed by atoms with Gasteiger partial charge in [-0.2, -0.15) is 0 Å². The largest absolute Gasteiger partial charge is 0.493 e. The Kier molecular flexibility index (Phi) is 6.87. The topological polar surface area (TPSA) is 58.6 Å². The molecule has 0 heterocycles. The number of hydrogen-bond donors (Lipinski definition) is 1. The minimum atomic E-state index is -3.44. The maximum Gasteiger partial charge on any atom is 0.240 e. The molecule has 2 rings (SSSR count). The summed E-state index contributed by atoms with van der Waals surface area (Å²) < 4.78 is 32.7. The fraction of sp³-hybridized carbons (Fsp3) is 0.647. The van der Waals surface area contributed by atoms with Crippen LogP contribution in [0, 0.1) is 5.92 Å². The molecule has 1 saturated carbocycles. The Morgan fingerprint density at radius 3 is 2.39 bits per heavy atom. The second kappa shape index (κ2) is 8.66. The molecule has 0 bridgehead atoms. The molecule has 0 unspecified atom stereocenters. The highest BCUT2D eigenvalue weighted by Gasteiger charge is 2.15. The molecule has 0 radical (unpaired) electrons. The highest BCUT2D eigenvalue weighted by molar-refractivity contribution is 7.89. The van der Waals surface area contributed by atoms with E-state index in [2.05, 4.69) is 4.72 Å². The van der Waals surface area contributed by atoms with Gasteiger partial charge >= 0.3 is 0 Å². The summed E-state index contributed by atoms with van der Waals surface area (Å²) in [6, 6.07) is 6.69. The SMILES string of the molecule is CN(C)CCNS(=O)(=O)c1ccc(OCC2CCCCC2)cc1. The molecule has 6 heteroatoms. The van der Waals surface area contributed by atoms with E-state index in [1.807, 2.05) is 19.0 Å². The molecular weight excluding hydrogens is 312 g/mol. The van der Waals surface area contributed by atoms with E-state index in [1.165, 1.54) is 32.1 Å². The molecule has 1 aliphatic carbocycles. The van der Waals surface area contributed by atoms with Crippen molar-refractivity contribution in [3.63, 3.8) is 0 Å². The van der Waals surface area contributed by atoms with Crippen LogP contribution in [0.2, 0.25) is 0 Å². The number of likely N-dealkylation sites (N-methyl/N-ethyl adjacent to an activating group) is 1. The molecule has 23 heavy (non-hydrogen) atoms. The highest BCUT2D eigenvalue weighted by atomic mass is 32.2. The van der Waals surface area contributed by atoms with E-state index in [0.29, 0.717) is 19.0 Å². The number of nitrogens with zero attached hydrogens (tertiary/aromatic N) is 1. The lowest BCUT2D eigenvalue weighted by Crippen LogP contribution is -2.31. The standard InChI is InChI=1S/C17H28N2O3S/c1-19(2)13-12-18-23(20,21)17-10-8-16(9-11-17)22-14-15-6-4-3-5-7-15/h8-11,15,18H,3-7,12-14H2,1-2H3. The van der Waals surface area contributed by atoms with Gasteiger partial charge < -0.3 is 9.64 Å². The molecule has 1 aromatic rings. The van der Waals surface area contributed by atoms with Crippen molar-refractivity contribution in [1.82, 2.24) is 9.62 Å². The second-order valence-electron chi connectivity index (χ2n) is 6.49. The van der Waals surface area contributed by atoms with Crippen molar-refractivity contribution in [2.24, 2.45) is 5.92 Å². The van der Waals surface area contributed by atoms with Crippen LogP contribution < -0.4 is 9.46 Å². The Balaban J connectivity index is 1.85. The molecule has 130 valence electrons. The first-order valence-electron chi connectivity index (χ1n) is 8.34. The van der Waals surface area contributed by atoms with Gasteiger partial charge in [-0.05, 0) is 57.1 Å². The summed E-state index contributed by atoms with van der Waals surface area (Å²) in [6.07, 6.45) is 6.40. The Morgan fingerprint density at radius 1 is 1.13 bits per heavy atom. The number of ether oxygens (including phenoxy) is 1. The molecular formula is C17H28N2O3S. The zero-order valence-corrected chi connectivity index (χ0v) is 14.9. The summed E-state index contributed by atoms with van der Waals surface area (Å²) in [5.41, 5.74) is 0. The third kappa shape index (κ3) is 6.12. The maximum absolute atomic E-state index is 12.2. The fourth-order valence-corrected chi connectivity index (χ4v) is 3.79. The minimum absolute atomic E-state index is 0.279. The molecule has 1 aliphatic rings. The lowest BCUT2D eigenvalue weighted by molar-refractivity contribution is 0.209. The van der Waals surface area contributed by atoms with Gasteiger partial charge in [0.2, 0.25) is 10.0 Å². The van der Waals surface area contributed by atoms with Gasteiger partial charge in [0, 0.05) is 13.1 Å². The molecule has 1 N–H and O–H groups in total. The smallest absolute Gasteiger partial charge is 0.240 e. The van der Waals surface area contributed by atoms with Crippen LogP contribution in [0.1, 0.15) is 32.1 Å². The monoisotopic (exact) mass is 340 g/mol. The van der Waals surface area contributed by atoms with Crippen LogP contribution in [0.4, 0.5) is 0 Å². The van der Waals surface area contributed by atoms with Crippen molar-refractivity contribution < 1.29 is 13.2 Å². The Labute approximate surface area is 140 Å². The first-order valence-corrected chi connectivity index (χ1v) is 9.83. The van der Waals surface area contributed by atoms with Crippen molar-refractivity contribution in [3.8, 4) is 5.75 Å². The number of hydrogen-bond acceptors (Lipinski definition) is 4. The van der Waals surface area contributed by atoms with Crippen LogP contribution in [0.15, 0.2) is 29.2 Å². The highest BCUT2D eigenvalue weighted by Crippen LogP contribution is 2.25. The van der Waals surface area contributed by atoms with Crippen LogP contribution in [-0.4, -0.2) is 47.1 Å². The summed E-state index contributed by atoms with van der Waals surface area (Å²) in [7, 11) is 0.379. The number of nitrogens with one attached hydrogen (secondary N) is 1. The van der Waals surface area contributed by atoms with Crippen molar-refractivity contribution >= 4 is 10.0 Å². The average molecular weight is 340 g/mol. The van der Waals surface area contributed by atoms with Gasteiger partial charge in [-0.3, -0.25) is 0 Å². The van der Waals surface area contributed by atoms with E-state index >= 15 is 0 Å². The fourth-order valence-electron chi connectivity index (χ4n) is 2.77. The van der Waals surface area contributed by atoms with Crippen molar-refractivity contribution in [2.75, 3.05) is 33.8 Å². The van der Waals surface area contributed by atoms with E-state index in [-0.39, 0.29) is 4.90 Å². The molecule has 1 aromatic carbocycles. The van der Waals surface area contributed by atoms with E-state index in [4.69, 9.17) is 4.74 Å². The predicted octanol–water partition coefficient (Wildman–Crippen LogP) is 2.49. The first kappa shape index (κ1) is 18.2. The lowest BCUT2D eigenvalue weighted by atomic mass is 9.90. The Bertz CT molecular complexity index is 564. The minimum Gasteiger partial charge on any atom is -0.493 e. The lowest BCUT2D eigenvalue weighted by Gasteiger charge is -2.21. The summed E-state index contributed by atoms with van der Waals surface area (Å²) in [4.78, 5) is 2.21. The normalized spacial score (nSPS) is 16.7. The van der Waals surface area contributed by atoms with Gasteiger partial charge in [0.15, 0.2) is 0 Å². The molecule has 0 aromatic heterocycles. The zero-order valence-electron chi connectivity index (χ0n) is 14.1. The quantitative estimate of drug-likeness (QED) is 0.790. The van der Waals surface area contributed by atoms with E-state index in [0.717, 1.165) is 12.4 Å². The molecule has 0 spiro atoms. The predicted molar refractivity (Wildman–Crippen MR) is 92.3 cm³/mol.